The third-order valence-corrected chi connectivity index (χ3v) is 3.37. The van der Waals surface area contributed by atoms with Gasteiger partial charge in [-0.2, -0.15) is 0 Å². The molecule has 1 saturated heterocycles. The fourth-order valence-electron chi connectivity index (χ4n) is 2.14. The van der Waals surface area contributed by atoms with Crippen LogP contribution in [-0.4, -0.2) is 42.2 Å². The first-order valence-electron chi connectivity index (χ1n) is 8.07. The second-order valence-corrected chi connectivity index (χ2v) is 6.06. The number of ether oxygens (including phenoxy) is 2. The summed E-state index contributed by atoms with van der Waals surface area (Å²) in [7, 11) is 0. The maximum atomic E-state index is 12.2. The highest BCUT2D eigenvalue weighted by molar-refractivity contribution is 5.87. The summed E-state index contributed by atoms with van der Waals surface area (Å²) in [6.07, 6.45) is 1.25. The molecule has 0 aliphatic carbocycles. The van der Waals surface area contributed by atoms with E-state index in [1.807, 2.05) is 44.2 Å². The first-order valence-corrected chi connectivity index (χ1v) is 8.07. The van der Waals surface area contributed by atoms with Crippen molar-refractivity contribution in [2.24, 2.45) is 5.92 Å². The number of benzene rings is 1. The predicted octanol–water partition coefficient (Wildman–Crippen LogP) is 1.84. The Labute approximate surface area is 146 Å². The minimum atomic E-state index is -0.734. The molecule has 1 heterocycles. The maximum Gasteiger partial charge on any atom is 0.412 e. The predicted molar refractivity (Wildman–Crippen MR) is 90.2 cm³/mol. The van der Waals surface area contributed by atoms with Gasteiger partial charge in [-0.25, -0.2) is 9.59 Å². The third kappa shape index (κ3) is 5.95. The van der Waals surface area contributed by atoms with Gasteiger partial charge in [-0.05, 0) is 17.6 Å². The molecule has 134 valence electrons. The molecule has 25 heavy (non-hydrogen) atoms. The van der Waals surface area contributed by atoms with Crippen LogP contribution >= 0.6 is 0 Å². The molecule has 1 atom stereocenters. The summed E-state index contributed by atoms with van der Waals surface area (Å²) in [5.41, 5.74) is 0.846. The molecule has 1 aliphatic rings. The van der Waals surface area contributed by atoms with E-state index in [-0.39, 0.29) is 25.0 Å². The summed E-state index contributed by atoms with van der Waals surface area (Å²) in [6.45, 7) is 4.15. The van der Waals surface area contributed by atoms with E-state index in [0.717, 1.165) is 5.56 Å². The topological polar surface area (TPSA) is 84.9 Å². The minimum absolute atomic E-state index is 0.108. The van der Waals surface area contributed by atoms with Crippen molar-refractivity contribution in [3.8, 4) is 0 Å². The summed E-state index contributed by atoms with van der Waals surface area (Å²) in [5, 5.41) is 2.59. The zero-order chi connectivity index (χ0) is 18.2. The van der Waals surface area contributed by atoms with Crippen molar-refractivity contribution in [3.05, 3.63) is 48.0 Å². The standard InChI is InChI=1S/C18H22N2O5/c1-13(2)11-24-17(22)9-8-15-19-16(21)10-20(15)18(23)25-12-14-6-4-3-5-7-14/h3-9,13,15H,10-12H2,1-2H3,(H,19,21). The molecule has 0 saturated carbocycles. The molecule has 1 aliphatic heterocycles. The summed E-state index contributed by atoms with van der Waals surface area (Å²) < 4.78 is 10.2. The Morgan fingerprint density at radius 3 is 2.68 bits per heavy atom. The Kier molecular flexibility index (Phi) is 6.56. The van der Waals surface area contributed by atoms with E-state index in [9.17, 15) is 14.4 Å². The number of hydrogen-bond donors (Lipinski definition) is 1. The van der Waals surface area contributed by atoms with Crippen LogP contribution in [0.15, 0.2) is 42.5 Å². The summed E-state index contributed by atoms with van der Waals surface area (Å²) in [6, 6.07) is 9.23. The van der Waals surface area contributed by atoms with Crippen molar-refractivity contribution in [3.63, 3.8) is 0 Å². The van der Waals surface area contributed by atoms with Gasteiger partial charge in [0, 0.05) is 6.08 Å². The Morgan fingerprint density at radius 2 is 2.00 bits per heavy atom. The average molecular weight is 346 g/mol. The van der Waals surface area contributed by atoms with Gasteiger partial charge in [-0.1, -0.05) is 44.2 Å². The Morgan fingerprint density at radius 1 is 1.28 bits per heavy atom. The van der Waals surface area contributed by atoms with Crippen LogP contribution in [0, 0.1) is 5.92 Å². The Hall–Kier alpha value is -2.83. The lowest BCUT2D eigenvalue weighted by Gasteiger charge is -2.20. The maximum absolute atomic E-state index is 12.2. The summed E-state index contributed by atoms with van der Waals surface area (Å²) in [4.78, 5) is 36.6. The summed E-state index contributed by atoms with van der Waals surface area (Å²) in [5.74, 6) is -0.609. The third-order valence-electron chi connectivity index (χ3n) is 3.37. The molecule has 1 aromatic carbocycles. The van der Waals surface area contributed by atoms with Gasteiger partial charge in [0.25, 0.3) is 0 Å². The molecule has 1 aromatic rings. The molecule has 0 bridgehead atoms. The highest BCUT2D eigenvalue weighted by Gasteiger charge is 2.33. The largest absolute Gasteiger partial charge is 0.462 e. The van der Waals surface area contributed by atoms with E-state index in [2.05, 4.69) is 5.32 Å². The van der Waals surface area contributed by atoms with Gasteiger partial charge in [0.2, 0.25) is 5.91 Å². The van der Waals surface area contributed by atoms with Crippen LogP contribution in [0.5, 0.6) is 0 Å². The Balaban J connectivity index is 1.90. The van der Waals surface area contributed by atoms with Crippen LogP contribution in [0.3, 0.4) is 0 Å². The summed E-state index contributed by atoms with van der Waals surface area (Å²) >= 11 is 0. The number of nitrogens with one attached hydrogen (secondary N) is 1. The van der Waals surface area contributed by atoms with Crippen molar-refractivity contribution in [2.75, 3.05) is 13.2 Å². The normalized spacial score (nSPS) is 17.0. The van der Waals surface area contributed by atoms with E-state index in [1.165, 1.54) is 17.1 Å². The zero-order valence-corrected chi connectivity index (χ0v) is 14.3. The van der Waals surface area contributed by atoms with E-state index in [4.69, 9.17) is 9.47 Å². The molecule has 1 unspecified atom stereocenters. The highest BCUT2D eigenvalue weighted by atomic mass is 16.6. The number of hydrogen-bond acceptors (Lipinski definition) is 5. The van der Waals surface area contributed by atoms with Gasteiger partial charge in [0.05, 0.1) is 6.61 Å². The molecule has 7 nitrogen and oxygen atoms in total. The first-order chi connectivity index (χ1) is 12.0. The van der Waals surface area contributed by atoms with Crippen molar-refractivity contribution in [2.45, 2.75) is 26.6 Å². The smallest absolute Gasteiger partial charge is 0.412 e. The van der Waals surface area contributed by atoms with E-state index in [0.29, 0.717) is 6.61 Å². The monoisotopic (exact) mass is 346 g/mol. The van der Waals surface area contributed by atoms with Crippen LogP contribution < -0.4 is 5.32 Å². The molecule has 0 radical (unpaired) electrons. The molecular weight excluding hydrogens is 324 g/mol. The fourth-order valence-corrected chi connectivity index (χ4v) is 2.14. The van der Waals surface area contributed by atoms with Gasteiger partial charge in [-0.3, -0.25) is 9.69 Å². The van der Waals surface area contributed by atoms with E-state index in [1.54, 1.807) is 0 Å². The number of esters is 1. The second kappa shape index (κ2) is 8.86. The molecule has 0 spiro atoms. The first kappa shape index (κ1) is 18.5. The van der Waals surface area contributed by atoms with Crippen LogP contribution in [0.25, 0.3) is 0 Å². The molecule has 2 rings (SSSR count). The van der Waals surface area contributed by atoms with Gasteiger partial charge in [0.15, 0.2) is 0 Å². The second-order valence-electron chi connectivity index (χ2n) is 6.06. The van der Waals surface area contributed by atoms with Crippen molar-refractivity contribution < 1.29 is 23.9 Å². The quantitative estimate of drug-likeness (QED) is 0.627. The minimum Gasteiger partial charge on any atom is -0.462 e. The number of rotatable bonds is 6. The lowest BCUT2D eigenvalue weighted by atomic mass is 10.2. The van der Waals surface area contributed by atoms with Gasteiger partial charge < -0.3 is 14.8 Å². The fraction of sp³-hybridized carbons (Fsp3) is 0.389. The van der Waals surface area contributed by atoms with Crippen LogP contribution in [0.2, 0.25) is 0 Å². The van der Waals surface area contributed by atoms with Gasteiger partial charge in [-0.15, -0.1) is 0 Å². The zero-order valence-electron chi connectivity index (χ0n) is 14.3. The van der Waals surface area contributed by atoms with Gasteiger partial charge >= 0.3 is 12.1 Å². The van der Waals surface area contributed by atoms with Crippen LogP contribution in [0.1, 0.15) is 19.4 Å². The average Bonchev–Trinajstić information content (AvgIpc) is 2.97. The number of nitrogens with zero attached hydrogens (tertiary/aromatic N) is 1. The molecule has 0 aromatic heterocycles. The van der Waals surface area contributed by atoms with Crippen LogP contribution in [0.4, 0.5) is 4.79 Å². The SMILES string of the molecule is CC(C)COC(=O)C=CC1NC(=O)CN1C(=O)OCc1ccccc1. The number of amides is 2. The van der Waals surface area contributed by atoms with Crippen LogP contribution in [-0.2, 0) is 25.7 Å². The molecule has 1 fully saturated rings. The number of carbonyl (C=O) groups is 3. The lowest BCUT2D eigenvalue weighted by molar-refractivity contribution is -0.138. The van der Waals surface area contributed by atoms with E-state index < -0.39 is 18.2 Å². The molecular formula is C18H22N2O5. The van der Waals surface area contributed by atoms with Crippen molar-refractivity contribution >= 4 is 18.0 Å². The molecule has 7 heteroatoms. The van der Waals surface area contributed by atoms with E-state index >= 15 is 0 Å². The number of carbonyl (C=O) groups excluding carboxylic acids is 3. The Bertz CT molecular complexity index is 642. The molecule has 2 amide bonds. The van der Waals surface area contributed by atoms with Crippen molar-refractivity contribution in [1.82, 2.24) is 10.2 Å². The van der Waals surface area contributed by atoms with Crippen molar-refractivity contribution in [1.29, 1.82) is 0 Å². The van der Waals surface area contributed by atoms with Gasteiger partial charge in [0.1, 0.15) is 19.3 Å². The highest BCUT2D eigenvalue weighted by Crippen LogP contribution is 2.10. The lowest BCUT2D eigenvalue weighted by Crippen LogP contribution is -2.39. The molecule has 1 N–H and O–H groups in total.